The van der Waals surface area contributed by atoms with E-state index in [1.807, 2.05) is 12.1 Å². The largest absolute Gasteiger partial charge is 0.493 e. The summed E-state index contributed by atoms with van der Waals surface area (Å²) >= 11 is 6.30. The number of ether oxygens (including phenoxy) is 2. The molecule has 1 amide bonds. The molecule has 0 saturated heterocycles. The van der Waals surface area contributed by atoms with Gasteiger partial charge in [0, 0.05) is 12.6 Å². The van der Waals surface area contributed by atoms with Crippen LogP contribution in [0.3, 0.4) is 0 Å². The van der Waals surface area contributed by atoms with Crippen molar-refractivity contribution >= 4 is 17.5 Å². The minimum Gasteiger partial charge on any atom is -0.493 e. The molecule has 0 radical (unpaired) electrons. The second-order valence-electron chi connectivity index (χ2n) is 6.68. The smallest absolute Gasteiger partial charge is 0.255 e. The standard InChI is InChI=1S/C19H29ClN2O3/c1-3-4-6-14-7-5-8-16(14)22-11-13-9-15(20)19(17(10-13)24-2)25-12-18(21)23/h9-10,14,16,22H,3-8,11-12H2,1-2H3,(H2,21,23). The highest BCUT2D eigenvalue weighted by molar-refractivity contribution is 6.32. The van der Waals surface area contributed by atoms with Gasteiger partial charge in [0.05, 0.1) is 12.1 Å². The van der Waals surface area contributed by atoms with Crippen molar-refractivity contribution in [2.45, 2.75) is 58.0 Å². The minimum atomic E-state index is -0.553. The van der Waals surface area contributed by atoms with Crippen molar-refractivity contribution < 1.29 is 14.3 Å². The van der Waals surface area contributed by atoms with Crippen LogP contribution in [0.25, 0.3) is 0 Å². The zero-order valence-electron chi connectivity index (χ0n) is 15.1. The van der Waals surface area contributed by atoms with Crippen LogP contribution in [0.5, 0.6) is 11.5 Å². The number of hydrogen-bond acceptors (Lipinski definition) is 4. The molecule has 0 aliphatic heterocycles. The minimum absolute atomic E-state index is 0.227. The Morgan fingerprint density at radius 1 is 1.40 bits per heavy atom. The van der Waals surface area contributed by atoms with Crippen molar-refractivity contribution in [1.29, 1.82) is 0 Å². The highest BCUT2D eigenvalue weighted by Gasteiger charge is 2.26. The number of benzene rings is 1. The first-order valence-electron chi connectivity index (χ1n) is 9.06. The fourth-order valence-electron chi connectivity index (χ4n) is 3.53. The Labute approximate surface area is 155 Å². The highest BCUT2D eigenvalue weighted by atomic mass is 35.5. The van der Waals surface area contributed by atoms with Gasteiger partial charge in [-0.1, -0.05) is 37.8 Å². The summed E-state index contributed by atoms with van der Waals surface area (Å²) in [5.41, 5.74) is 6.16. The number of amides is 1. The summed E-state index contributed by atoms with van der Waals surface area (Å²) < 4.78 is 10.7. The first-order valence-corrected chi connectivity index (χ1v) is 9.43. The predicted octanol–water partition coefficient (Wildman–Crippen LogP) is 3.66. The third-order valence-corrected chi connectivity index (χ3v) is 5.08. The van der Waals surface area contributed by atoms with Gasteiger partial charge in [-0.25, -0.2) is 0 Å². The van der Waals surface area contributed by atoms with Crippen LogP contribution in [0, 0.1) is 5.92 Å². The monoisotopic (exact) mass is 368 g/mol. The van der Waals surface area contributed by atoms with Gasteiger partial charge in [0.25, 0.3) is 5.91 Å². The molecule has 0 aromatic heterocycles. The van der Waals surface area contributed by atoms with E-state index >= 15 is 0 Å². The van der Waals surface area contributed by atoms with Gasteiger partial charge in [-0.3, -0.25) is 4.79 Å². The molecule has 1 aliphatic carbocycles. The van der Waals surface area contributed by atoms with E-state index in [9.17, 15) is 4.79 Å². The van der Waals surface area contributed by atoms with E-state index in [-0.39, 0.29) is 6.61 Å². The number of halogens is 1. The number of nitrogens with one attached hydrogen (secondary N) is 1. The number of carbonyl (C=O) groups is 1. The maximum absolute atomic E-state index is 10.9. The van der Waals surface area contributed by atoms with Crippen molar-refractivity contribution in [1.82, 2.24) is 5.32 Å². The van der Waals surface area contributed by atoms with Crippen LogP contribution in [0.15, 0.2) is 12.1 Å². The van der Waals surface area contributed by atoms with Crippen LogP contribution in [0.1, 0.15) is 51.0 Å². The fourth-order valence-corrected chi connectivity index (χ4v) is 3.81. The van der Waals surface area contributed by atoms with Crippen LogP contribution in [0.4, 0.5) is 0 Å². The lowest BCUT2D eigenvalue weighted by Crippen LogP contribution is -2.31. The Balaban J connectivity index is 2.00. The quantitative estimate of drug-likeness (QED) is 0.661. The number of unbranched alkanes of at least 4 members (excludes halogenated alkanes) is 1. The molecular formula is C19H29ClN2O3. The summed E-state index contributed by atoms with van der Waals surface area (Å²) in [7, 11) is 1.55. The molecule has 25 heavy (non-hydrogen) atoms. The molecule has 0 heterocycles. The second-order valence-corrected chi connectivity index (χ2v) is 7.09. The van der Waals surface area contributed by atoms with Crippen LogP contribution in [-0.4, -0.2) is 25.7 Å². The average Bonchev–Trinajstić information content (AvgIpc) is 3.03. The topological polar surface area (TPSA) is 73.6 Å². The molecule has 2 rings (SSSR count). The summed E-state index contributed by atoms with van der Waals surface area (Å²) in [6, 6.07) is 4.32. The zero-order chi connectivity index (χ0) is 18.2. The van der Waals surface area contributed by atoms with Crippen LogP contribution >= 0.6 is 11.6 Å². The Hall–Kier alpha value is -1.46. The second kappa shape index (κ2) is 9.88. The third kappa shape index (κ3) is 5.79. The van der Waals surface area contributed by atoms with Crippen LogP contribution in [0.2, 0.25) is 5.02 Å². The van der Waals surface area contributed by atoms with Gasteiger partial charge in [0.2, 0.25) is 0 Å². The SMILES string of the molecule is CCCCC1CCCC1NCc1cc(Cl)c(OCC(N)=O)c(OC)c1. The molecule has 1 aromatic carbocycles. The number of methoxy groups -OCH3 is 1. The first-order chi connectivity index (χ1) is 12.0. The van der Waals surface area contributed by atoms with Crippen LogP contribution < -0.4 is 20.5 Å². The molecule has 1 aromatic rings. The molecule has 0 bridgehead atoms. The Morgan fingerprint density at radius 2 is 2.20 bits per heavy atom. The lowest BCUT2D eigenvalue weighted by molar-refractivity contribution is -0.119. The van der Waals surface area contributed by atoms with E-state index in [1.165, 1.54) is 38.5 Å². The lowest BCUT2D eigenvalue weighted by Gasteiger charge is -2.21. The van der Waals surface area contributed by atoms with Gasteiger partial charge in [-0.15, -0.1) is 0 Å². The molecule has 6 heteroatoms. The van der Waals surface area contributed by atoms with Crippen LogP contribution in [-0.2, 0) is 11.3 Å². The van der Waals surface area contributed by atoms with E-state index in [1.54, 1.807) is 7.11 Å². The lowest BCUT2D eigenvalue weighted by atomic mass is 9.96. The van der Waals surface area contributed by atoms with Gasteiger partial charge < -0.3 is 20.5 Å². The number of rotatable bonds is 10. The molecule has 0 spiro atoms. The summed E-state index contributed by atoms with van der Waals surface area (Å²) in [4.78, 5) is 10.9. The molecule has 1 saturated carbocycles. The Morgan fingerprint density at radius 3 is 2.88 bits per heavy atom. The number of primary amides is 1. The average molecular weight is 369 g/mol. The maximum atomic E-state index is 10.9. The Bertz CT molecular complexity index is 580. The van der Waals surface area contributed by atoms with Crippen molar-refractivity contribution in [3.05, 3.63) is 22.7 Å². The van der Waals surface area contributed by atoms with E-state index in [4.69, 9.17) is 26.8 Å². The van der Waals surface area contributed by atoms with E-state index < -0.39 is 5.91 Å². The van der Waals surface area contributed by atoms with Crippen molar-refractivity contribution in [3.8, 4) is 11.5 Å². The van der Waals surface area contributed by atoms with Crippen molar-refractivity contribution in [2.75, 3.05) is 13.7 Å². The number of carbonyl (C=O) groups excluding carboxylic acids is 1. The molecule has 2 unspecified atom stereocenters. The van der Waals surface area contributed by atoms with E-state index in [2.05, 4.69) is 12.2 Å². The molecular weight excluding hydrogens is 340 g/mol. The summed E-state index contributed by atoms with van der Waals surface area (Å²) in [6.45, 7) is 2.75. The van der Waals surface area contributed by atoms with Gasteiger partial charge in [-0.05, 0) is 42.9 Å². The van der Waals surface area contributed by atoms with Crippen molar-refractivity contribution in [3.63, 3.8) is 0 Å². The maximum Gasteiger partial charge on any atom is 0.255 e. The molecule has 140 valence electrons. The normalized spacial score (nSPS) is 19.8. The fraction of sp³-hybridized carbons (Fsp3) is 0.632. The number of hydrogen-bond donors (Lipinski definition) is 2. The zero-order valence-corrected chi connectivity index (χ0v) is 15.9. The van der Waals surface area contributed by atoms with Gasteiger partial charge in [0.1, 0.15) is 0 Å². The van der Waals surface area contributed by atoms with Crippen molar-refractivity contribution in [2.24, 2.45) is 11.7 Å². The van der Waals surface area contributed by atoms with Gasteiger partial charge in [0.15, 0.2) is 18.1 Å². The molecule has 1 fully saturated rings. The summed E-state index contributed by atoms with van der Waals surface area (Å²) in [5.74, 6) is 1.09. The predicted molar refractivity (Wildman–Crippen MR) is 100 cm³/mol. The third-order valence-electron chi connectivity index (χ3n) is 4.80. The number of nitrogens with two attached hydrogens (primary N) is 1. The molecule has 5 nitrogen and oxygen atoms in total. The highest BCUT2D eigenvalue weighted by Crippen LogP contribution is 2.37. The van der Waals surface area contributed by atoms with Gasteiger partial charge in [-0.2, -0.15) is 0 Å². The summed E-state index contributed by atoms with van der Waals surface area (Å²) in [5, 5.41) is 4.10. The molecule has 1 aliphatic rings. The molecule has 3 N–H and O–H groups in total. The van der Waals surface area contributed by atoms with Gasteiger partial charge >= 0.3 is 0 Å². The first kappa shape index (κ1) is 19.9. The van der Waals surface area contributed by atoms with E-state index in [0.717, 1.165) is 18.0 Å². The summed E-state index contributed by atoms with van der Waals surface area (Å²) in [6.07, 6.45) is 7.71. The molecule has 2 atom stereocenters. The van der Waals surface area contributed by atoms with E-state index in [0.29, 0.717) is 22.6 Å². The Kier molecular flexibility index (Phi) is 7.85.